The zero-order valence-electron chi connectivity index (χ0n) is 18.0. The Morgan fingerprint density at radius 3 is 2.26 bits per heavy atom. The number of nitrogens with one attached hydrogen (secondary N) is 2. The van der Waals surface area contributed by atoms with Crippen LogP contribution in [0.5, 0.6) is 0 Å². The first-order valence-electron chi connectivity index (χ1n) is 10.4. The number of halogens is 6. The third-order valence-electron chi connectivity index (χ3n) is 5.42. The van der Waals surface area contributed by atoms with Crippen LogP contribution in [-0.2, 0) is 35.0 Å². The summed E-state index contributed by atoms with van der Waals surface area (Å²) >= 11 is 0. The maximum atomic E-state index is 13.2. The van der Waals surface area contributed by atoms with Crippen molar-refractivity contribution in [3.63, 3.8) is 0 Å². The van der Waals surface area contributed by atoms with E-state index >= 15 is 0 Å². The SMILES string of the molecule is O=c1[nH]nc(CN2CCO[C@H](OCc3cc(C(F)(F)F)cc(C(F)(F)F)c3)[C@@H]2c2ccccc2)[nH]1. The van der Waals surface area contributed by atoms with Crippen LogP contribution in [0.1, 0.15) is 34.1 Å². The van der Waals surface area contributed by atoms with Crippen LogP contribution in [0.4, 0.5) is 26.3 Å². The van der Waals surface area contributed by atoms with Gasteiger partial charge in [0, 0.05) is 6.54 Å². The molecule has 1 aliphatic heterocycles. The highest BCUT2D eigenvalue weighted by molar-refractivity contribution is 5.33. The van der Waals surface area contributed by atoms with E-state index in [1.807, 2.05) is 4.90 Å². The molecular formula is C22H20F6N4O3. The summed E-state index contributed by atoms with van der Waals surface area (Å²) in [5.41, 5.74) is -2.87. The van der Waals surface area contributed by atoms with E-state index in [9.17, 15) is 31.1 Å². The fourth-order valence-corrected chi connectivity index (χ4v) is 3.88. The second-order valence-corrected chi connectivity index (χ2v) is 7.91. The number of hydrogen-bond acceptors (Lipinski definition) is 5. The number of nitrogens with zero attached hydrogens (tertiary/aromatic N) is 2. The summed E-state index contributed by atoms with van der Waals surface area (Å²) in [5, 5.41) is 6.16. The second-order valence-electron chi connectivity index (χ2n) is 7.91. The minimum atomic E-state index is -4.96. The first kappa shape index (κ1) is 24.9. The third kappa shape index (κ3) is 6.10. The Balaban J connectivity index is 1.60. The Bertz CT molecular complexity index is 1160. The molecule has 1 aliphatic rings. The summed E-state index contributed by atoms with van der Waals surface area (Å²) in [7, 11) is 0. The Morgan fingerprint density at radius 2 is 1.69 bits per heavy atom. The molecule has 188 valence electrons. The average molecular weight is 502 g/mol. The Labute approximate surface area is 194 Å². The van der Waals surface area contributed by atoms with Gasteiger partial charge >= 0.3 is 18.0 Å². The van der Waals surface area contributed by atoms with Crippen LogP contribution >= 0.6 is 0 Å². The standard InChI is InChI=1S/C22H20F6N4O3/c23-21(24,25)15-8-13(9-16(10-15)22(26,27)28)12-35-19-18(14-4-2-1-3-5-14)32(6-7-34-19)11-17-29-20(33)31-30-17/h1-5,8-10,18-19H,6-7,11-12H2,(H2,29,30,31,33)/t18-,19+/m0/s1. The Hall–Kier alpha value is -3.16. The van der Waals surface area contributed by atoms with Crippen LogP contribution in [0.3, 0.4) is 0 Å². The van der Waals surface area contributed by atoms with Crippen LogP contribution in [-0.4, -0.2) is 39.5 Å². The van der Waals surface area contributed by atoms with Crippen LogP contribution < -0.4 is 5.69 Å². The van der Waals surface area contributed by atoms with Crippen LogP contribution in [0, 0.1) is 0 Å². The van der Waals surface area contributed by atoms with E-state index in [0.29, 0.717) is 24.5 Å². The number of aromatic amines is 2. The van der Waals surface area contributed by atoms with E-state index in [-0.39, 0.29) is 24.8 Å². The lowest BCUT2D eigenvalue weighted by Gasteiger charge is -2.40. The van der Waals surface area contributed by atoms with Gasteiger partial charge in [-0.3, -0.25) is 9.88 Å². The lowest BCUT2D eigenvalue weighted by Crippen LogP contribution is -2.46. The fourth-order valence-electron chi connectivity index (χ4n) is 3.88. The van der Waals surface area contributed by atoms with Crippen molar-refractivity contribution in [3.8, 4) is 0 Å². The maximum Gasteiger partial charge on any atom is 0.416 e. The molecule has 2 heterocycles. The van der Waals surface area contributed by atoms with Gasteiger partial charge in [0.15, 0.2) is 6.29 Å². The molecule has 0 aliphatic carbocycles. The van der Waals surface area contributed by atoms with Crippen LogP contribution in [0.15, 0.2) is 53.3 Å². The molecule has 0 unspecified atom stereocenters. The Kier molecular flexibility index (Phi) is 7.01. The summed E-state index contributed by atoms with van der Waals surface area (Å²) < 4.78 is 90.7. The number of hydrogen-bond donors (Lipinski definition) is 2. The predicted octanol–water partition coefficient (Wildman–Crippen LogP) is 4.25. The molecule has 1 aromatic heterocycles. The van der Waals surface area contributed by atoms with Gasteiger partial charge in [0.05, 0.1) is 36.9 Å². The summed E-state index contributed by atoms with van der Waals surface area (Å²) in [6, 6.07) is 9.68. The molecule has 13 heteroatoms. The van der Waals surface area contributed by atoms with E-state index in [4.69, 9.17) is 9.47 Å². The van der Waals surface area contributed by atoms with Gasteiger partial charge in [-0.15, -0.1) is 0 Å². The van der Waals surface area contributed by atoms with Gasteiger partial charge in [0.2, 0.25) is 0 Å². The quantitative estimate of drug-likeness (QED) is 0.493. The monoisotopic (exact) mass is 502 g/mol. The molecule has 0 bridgehead atoms. The van der Waals surface area contributed by atoms with Crippen molar-refractivity contribution in [2.24, 2.45) is 0 Å². The molecule has 3 aromatic rings. The van der Waals surface area contributed by atoms with Gasteiger partial charge in [-0.25, -0.2) is 9.89 Å². The zero-order valence-corrected chi connectivity index (χ0v) is 18.0. The van der Waals surface area contributed by atoms with E-state index < -0.39 is 48.1 Å². The minimum absolute atomic E-state index is 0.0692. The highest BCUT2D eigenvalue weighted by atomic mass is 19.4. The number of benzene rings is 2. The fraction of sp³-hybridized carbons (Fsp3) is 0.364. The van der Waals surface area contributed by atoms with E-state index in [0.717, 1.165) is 5.56 Å². The third-order valence-corrected chi connectivity index (χ3v) is 5.42. The molecule has 0 amide bonds. The molecule has 0 spiro atoms. The van der Waals surface area contributed by atoms with Crippen molar-refractivity contribution in [2.45, 2.75) is 37.8 Å². The molecule has 1 fully saturated rings. The molecule has 4 rings (SSSR count). The van der Waals surface area contributed by atoms with Gasteiger partial charge in [-0.05, 0) is 29.3 Å². The lowest BCUT2D eigenvalue weighted by molar-refractivity contribution is -0.218. The average Bonchev–Trinajstić information content (AvgIpc) is 3.21. The first-order valence-corrected chi connectivity index (χ1v) is 10.4. The van der Waals surface area contributed by atoms with Crippen LogP contribution in [0.2, 0.25) is 0 Å². The molecule has 7 nitrogen and oxygen atoms in total. The molecule has 2 atom stereocenters. The van der Waals surface area contributed by atoms with Crippen molar-refractivity contribution < 1.29 is 35.8 Å². The van der Waals surface area contributed by atoms with Crippen molar-refractivity contribution in [1.82, 2.24) is 20.1 Å². The normalized spacial score (nSPS) is 19.7. The highest BCUT2D eigenvalue weighted by Gasteiger charge is 2.38. The molecule has 2 N–H and O–H groups in total. The van der Waals surface area contributed by atoms with Gasteiger partial charge in [0.1, 0.15) is 5.82 Å². The van der Waals surface area contributed by atoms with Crippen molar-refractivity contribution in [3.05, 3.63) is 87.1 Å². The Morgan fingerprint density at radius 1 is 1.03 bits per heavy atom. The van der Waals surface area contributed by atoms with E-state index in [2.05, 4.69) is 15.2 Å². The summed E-state index contributed by atoms with van der Waals surface area (Å²) in [6.45, 7) is 0.243. The number of rotatable bonds is 6. The smallest absolute Gasteiger partial charge is 0.349 e. The van der Waals surface area contributed by atoms with Crippen LogP contribution in [0.25, 0.3) is 0 Å². The number of aromatic nitrogens is 3. The number of H-pyrrole nitrogens is 2. The second kappa shape index (κ2) is 9.84. The molecule has 2 aromatic carbocycles. The highest BCUT2D eigenvalue weighted by Crippen LogP contribution is 2.37. The van der Waals surface area contributed by atoms with E-state index in [1.165, 1.54) is 0 Å². The largest absolute Gasteiger partial charge is 0.416 e. The summed E-state index contributed by atoms with van der Waals surface area (Å²) in [6.07, 6.45) is -10.9. The lowest BCUT2D eigenvalue weighted by atomic mass is 10.0. The van der Waals surface area contributed by atoms with Crippen molar-refractivity contribution >= 4 is 0 Å². The van der Waals surface area contributed by atoms with E-state index in [1.54, 1.807) is 30.3 Å². The molecule has 0 saturated carbocycles. The molecule has 0 radical (unpaired) electrons. The number of morpholine rings is 1. The number of ether oxygens (including phenoxy) is 2. The predicted molar refractivity (Wildman–Crippen MR) is 110 cm³/mol. The summed E-state index contributed by atoms with van der Waals surface area (Å²) in [5.74, 6) is 0.351. The molecular weight excluding hydrogens is 482 g/mol. The van der Waals surface area contributed by atoms with Gasteiger partial charge in [-0.2, -0.15) is 31.4 Å². The number of alkyl halides is 6. The minimum Gasteiger partial charge on any atom is -0.349 e. The van der Waals surface area contributed by atoms with Gasteiger partial charge < -0.3 is 9.47 Å². The molecule has 35 heavy (non-hydrogen) atoms. The first-order chi connectivity index (χ1) is 16.5. The van der Waals surface area contributed by atoms with Crippen molar-refractivity contribution in [1.29, 1.82) is 0 Å². The summed E-state index contributed by atoms with van der Waals surface area (Å²) in [4.78, 5) is 15.8. The van der Waals surface area contributed by atoms with Gasteiger partial charge in [-0.1, -0.05) is 30.3 Å². The molecule has 1 saturated heterocycles. The zero-order chi connectivity index (χ0) is 25.2. The van der Waals surface area contributed by atoms with Gasteiger partial charge in [0.25, 0.3) is 0 Å². The van der Waals surface area contributed by atoms with Crippen molar-refractivity contribution in [2.75, 3.05) is 13.2 Å². The topological polar surface area (TPSA) is 83.2 Å². The maximum absolute atomic E-state index is 13.2.